The molecule has 0 radical (unpaired) electrons. The molecule has 0 aliphatic rings. The van der Waals surface area contributed by atoms with Gasteiger partial charge in [-0.25, -0.2) is 5.48 Å². The third-order valence-electron chi connectivity index (χ3n) is 1.89. The van der Waals surface area contributed by atoms with E-state index in [0.29, 0.717) is 5.56 Å². The van der Waals surface area contributed by atoms with E-state index < -0.39 is 22.0 Å². The quantitative estimate of drug-likeness (QED) is 0.342. The first-order valence-corrected chi connectivity index (χ1v) is 6.03. The Morgan fingerprint density at radius 1 is 1.41 bits per heavy atom. The number of nitro groups is 1. The van der Waals surface area contributed by atoms with Crippen molar-refractivity contribution in [2.24, 2.45) is 0 Å². The number of nitrogens with zero attached hydrogens (tertiary/aromatic N) is 1. The third kappa shape index (κ3) is 4.39. The molecule has 0 fully saturated rings. The zero-order chi connectivity index (χ0) is 12.8. The highest BCUT2D eigenvalue weighted by atomic mass is 32.2. The topological polar surface area (TPSA) is 116 Å². The maximum Gasteiger partial charge on any atom is 0.293 e. The molecular weight excluding hydrogens is 248 g/mol. The Hall–Kier alpha value is -1.64. The van der Waals surface area contributed by atoms with Crippen LogP contribution in [0.4, 0.5) is 5.69 Å². The second-order valence-corrected chi connectivity index (χ2v) is 4.64. The van der Waals surface area contributed by atoms with Crippen LogP contribution in [0.15, 0.2) is 24.3 Å². The lowest BCUT2D eigenvalue weighted by Crippen LogP contribution is -2.28. The number of rotatable bonds is 5. The normalized spacial score (nSPS) is 11.9. The van der Waals surface area contributed by atoms with Gasteiger partial charge in [0.25, 0.3) is 11.6 Å². The molecule has 17 heavy (non-hydrogen) atoms. The van der Waals surface area contributed by atoms with Gasteiger partial charge in [0.2, 0.25) is 0 Å². The Labute approximate surface area is 99.7 Å². The molecule has 7 nitrogen and oxygen atoms in total. The number of nitrogens with one attached hydrogen (secondary N) is 1. The largest absolute Gasteiger partial charge is 0.616 e. The van der Waals surface area contributed by atoms with Gasteiger partial charge in [-0.1, -0.05) is 0 Å². The summed E-state index contributed by atoms with van der Waals surface area (Å²) < 4.78 is 11.4. The van der Waals surface area contributed by atoms with Crippen LogP contribution < -0.4 is 5.48 Å². The summed E-state index contributed by atoms with van der Waals surface area (Å²) in [5.41, 5.74) is 1.96. The smallest absolute Gasteiger partial charge is 0.293 e. The summed E-state index contributed by atoms with van der Waals surface area (Å²) in [5.74, 6) is -0.941. The summed E-state index contributed by atoms with van der Waals surface area (Å²) in [4.78, 5) is 20.6. The third-order valence-corrected chi connectivity index (χ3v) is 3.13. The van der Waals surface area contributed by atoms with Crippen LogP contribution in [0.5, 0.6) is 0 Å². The lowest BCUT2D eigenvalue weighted by molar-refractivity contribution is -0.384. The van der Waals surface area contributed by atoms with Crippen LogP contribution in [-0.2, 0) is 21.7 Å². The van der Waals surface area contributed by atoms with Crippen LogP contribution in [0.2, 0.25) is 0 Å². The Bertz CT molecular complexity index is 408. The summed E-state index contributed by atoms with van der Waals surface area (Å²) in [6, 6.07) is 5.57. The maximum atomic E-state index is 11.4. The molecule has 1 rings (SSSR count). The first-order valence-electron chi connectivity index (χ1n) is 4.54. The summed E-state index contributed by atoms with van der Waals surface area (Å²) in [6.45, 7) is 0. The fourth-order valence-electron chi connectivity index (χ4n) is 1.13. The highest BCUT2D eigenvalue weighted by Gasteiger charge is 2.14. The van der Waals surface area contributed by atoms with Crippen LogP contribution in [0.3, 0.4) is 0 Å². The number of amides is 1. The highest BCUT2D eigenvalue weighted by molar-refractivity contribution is 7.91. The average Bonchev–Trinajstić information content (AvgIpc) is 2.29. The molecule has 0 saturated heterocycles. The number of hydrogen-bond donors (Lipinski definition) is 2. The SMILES string of the molecule is O=C(C[S+]([O-])Cc1ccc([N+](=O)[O-])cc1)NO. The number of hydrogen-bond acceptors (Lipinski definition) is 5. The Kier molecular flexibility index (Phi) is 4.88. The van der Waals surface area contributed by atoms with E-state index in [1.165, 1.54) is 29.7 Å². The molecule has 1 unspecified atom stereocenters. The molecule has 0 spiro atoms. The molecule has 0 bridgehead atoms. The molecule has 1 amide bonds. The van der Waals surface area contributed by atoms with Gasteiger partial charge in [0.1, 0.15) is 5.75 Å². The van der Waals surface area contributed by atoms with Gasteiger partial charge in [-0.3, -0.25) is 20.1 Å². The minimum absolute atomic E-state index is 0.0485. The van der Waals surface area contributed by atoms with E-state index in [9.17, 15) is 19.5 Å². The molecule has 1 atom stereocenters. The molecule has 8 heteroatoms. The summed E-state index contributed by atoms with van der Waals surface area (Å²) in [6.07, 6.45) is 0. The van der Waals surface area contributed by atoms with E-state index in [0.717, 1.165) is 0 Å². The molecule has 2 N–H and O–H groups in total. The molecule has 92 valence electrons. The first kappa shape index (κ1) is 13.4. The molecule has 0 aliphatic heterocycles. The molecule has 1 aromatic rings. The highest BCUT2D eigenvalue weighted by Crippen LogP contribution is 2.14. The van der Waals surface area contributed by atoms with Crippen LogP contribution in [0, 0.1) is 10.1 Å². The molecule has 0 aliphatic carbocycles. The molecule has 0 heterocycles. The van der Waals surface area contributed by atoms with E-state index >= 15 is 0 Å². The summed E-state index contributed by atoms with van der Waals surface area (Å²) in [5, 5.41) is 18.6. The van der Waals surface area contributed by atoms with Gasteiger partial charge < -0.3 is 4.55 Å². The van der Waals surface area contributed by atoms with Crippen molar-refractivity contribution in [3.63, 3.8) is 0 Å². The number of hydroxylamine groups is 1. The van der Waals surface area contributed by atoms with Crippen LogP contribution in [-0.4, -0.2) is 26.3 Å². The molecular formula is C9H10N2O5S. The second-order valence-electron chi connectivity index (χ2n) is 3.19. The molecule has 0 aromatic heterocycles. The lowest BCUT2D eigenvalue weighted by atomic mass is 10.2. The summed E-state index contributed by atoms with van der Waals surface area (Å²) >= 11 is -1.46. The van der Waals surface area contributed by atoms with Crippen molar-refractivity contribution in [2.45, 2.75) is 5.75 Å². The van der Waals surface area contributed by atoms with Crippen molar-refractivity contribution >= 4 is 22.8 Å². The minimum Gasteiger partial charge on any atom is -0.616 e. The fraction of sp³-hybridized carbons (Fsp3) is 0.222. The predicted molar refractivity (Wildman–Crippen MR) is 59.7 cm³/mol. The van der Waals surface area contributed by atoms with Gasteiger partial charge >= 0.3 is 0 Å². The zero-order valence-corrected chi connectivity index (χ0v) is 9.48. The minimum atomic E-state index is -1.46. The molecule has 1 aromatic carbocycles. The average molecular weight is 258 g/mol. The van der Waals surface area contributed by atoms with Gasteiger partial charge in [-0.15, -0.1) is 0 Å². The van der Waals surface area contributed by atoms with Crippen molar-refractivity contribution in [3.05, 3.63) is 39.9 Å². The van der Waals surface area contributed by atoms with E-state index in [2.05, 4.69) is 0 Å². The monoisotopic (exact) mass is 258 g/mol. The van der Waals surface area contributed by atoms with Gasteiger partial charge in [0.15, 0.2) is 5.75 Å². The Balaban J connectivity index is 2.57. The van der Waals surface area contributed by atoms with Crippen LogP contribution in [0.25, 0.3) is 0 Å². The Morgan fingerprint density at radius 3 is 2.47 bits per heavy atom. The number of carbonyl (C=O) groups excluding carboxylic acids is 1. The van der Waals surface area contributed by atoms with E-state index in [1.807, 2.05) is 0 Å². The number of carbonyl (C=O) groups is 1. The van der Waals surface area contributed by atoms with Gasteiger partial charge in [-0.2, -0.15) is 0 Å². The van der Waals surface area contributed by atoms with Crippen molar-refractivity contribution in [1.82, 2.24) is 5.48 Å². The second kappa shape index (κ2) is 6.18. The van der Waals surface area contributed by atoms with Crippen molar-refractivity contribution in [1.29, 1.82) is 0 Å². The summed E-state index contributed by atoms with van der Waals surface area (Å²) in [7, 11) is 0. The first-order chi connectivity index (χ1) is 8.02. The Morgan fingerprint density at radius 2 is 2.00 bits per heavy atom. The maximum absolute atomic E-state index is 11.4. The van der Waals surface area contributed by atoms with Gasteiger partial charge in [0, 0.05) is 17.7 Å². The van der Waals surface area contributed by atoms with Gasteiger partial charge in [0.05, 0.1) is 4.92 Å². The van der Waals surface area contributed by atoms with Crippen LogP contribution >= 0.6 is 0 Å². The number of benzene rings is 1. The van der Waals surface area contributed by atoms with Crippen molar-refractivity contribution < 1.29 is 19.5 Å². The van der Waals surface area contributed by atoms with E-state index in [-0.39, 0.29) is 17.2 Å². The standard InChI is InChI=1S/C9H10N2O5S/c12-9(10-13)6-17(16)5-7-1-3-8(4-2-7)11(14)15/h1-4,13H,5-6H2,(H,10,12). The predicted octanol–water partition coefficient (Wildman–Crippen LogP) is 0.349. The van der Waals surface area contributed by atoms with E-state index in [4.69, 9.17) is 5.21 Å². The number of non-ortho nitro benzene ring substituents is 1. The van der Waals surface area contributed by atoms with Crippen molar-refractivity contribution in [3.8, 4) is 0 Å². The lowest BCUT2D eigenvalue weighted by Gasteiger charge is -2.09. The zero-order valence-electron chi connectivity index (χ0n) is 8.66. The van der Waals surface area contributed by atoms with E-state index in [1.54, 1.807) is 0 Å². The molecule has 0 saturated carbocycles. The number of nitro benzene ring substituents is 1. The van der Waals surface area contributed by atoms with Crippen LogP contribution in [0.1, 0.15) is 5.56 Å². The van der Waals surface area contributed by atoms with Gasteiger partial charge in [-0.05, 0) is 23.3 Å². The van der Waals surface area contributed by atoms with Crippen molar-refractivity contribution in [2.75, 3.05) is 5.75 Å². The fourth-order valence-corrected chi connectivity index (χ4v) is 2.15.